The summed E-state index contributed by atoms with van der Waals surface area (Å²) in [5.41, 5.74) is 5.78. The van der Waals surface area contributed by atoms with E-state index >= 15 is 0 Å². The molecule has 0 unspecified atom stereocenters. The van der Waals surface area contributed by atoms with Gasteiger partial charge in [-0.3, -0.25) is 0 Å². The van der Waals surface area contributed by atoms with Crippen molar-refractivity contribution in [2.45, 2.75) is 17.7 Å². The summed E-state index contributed by atoms with van der Waals surface area (Å²) in [5.74, 6) is -0.823. The number of hydrogen-bond donors (Lipinski definition) is 1. The third-order valence-electron chi connectivity index (χ3n) is 2.62. The molecule has 106 valence electrons. The standard InChI is InChI=1S/C12H16BrFN2O2S/c1-3-4-5-6-16(2)19(17,18)12-8-11(15)9(13)7-10(12)14/h3,7-8H,1,4-6,15H2,2H3. The van der Waals surface area contributed by atoms with E-state index in [9.17, 15) is 12.8 Å². The number of nitrogen functional groups attached to an aromatic ring is 1. The van der Waals surface area contributed by atoms with E-state index in [-0.39, 0.29) is 5.69 Å². The highest BCUT2D eigenvalue weighted by molar-refractivity contribution is 9.10. The van der Waals surface area contributed by atoms with Gasteiger partial charge in [-0.25, -0.2) is 17.1 Å². The van der Waals surface area contributed by atoms with Crippen molar-refractivity contribution < 1.29 is 12.8 Å². The summed E-state index contributed by atoms with van der Waals surface area (Å²) in [6.45, 7) is 3.86. The van der Waals surface area contributed by atoms with Crippen LogP contribution in [0, 0.1) is 5.82 Å². The molecule has 1 aromatic carbocycles. The van der Waals surface area contributed by atoms with Gasteiger partial charge in [0.15, 0.2) is 0 Å². The van der Waals surface area contributed by atoms with Gasteiger partial charge in [0.05, 0.1) is 0 Å². The second-order valence-corrected chi connectivity index (χ2v) is 6.93. The Hall–Kier alpha value is -0.920. The Balaban J connectivity index is 3.06. The third kappa shape index (κ3) is 3.77. The van der Waals surface area contributed by atoms with Gasteiger partial charge in [0, 0.05) is 23.8 Å². The average molecular weight is 351 g/mol. The molecule has 19 heavy (non-hydrogen) atoms. The highest BCUT2D eigenvalue weighted by Gasteiger charge is 2.25. The fraction of sp³-hybridized carbons (Fsp3) is 0.333. The number of anilines is 1. The molecule has 0 aliphatic heterocycles. The van der Waals surface area contributed by atoms with Crippen LogP contribution in [-0.2, 0) is 10.0 Å². The quantitative estimate of drug-likeness (QED) is 0.487. The van der Waals surface area contributed by atoms with Gasteiger partial charge < -0.3 is 5.73 Å². The third-order valence-corrected chi connectivity index (χ3v) is 5.18. The number of sulfonamides is 1. The summed E-state index contributed by atoms with van der Waals surface area (Å²) in [7, 11) is -2.45. The van der Waals surface area contributed by atoms with Crippen molar-refractivity contribution in [3.05, 3.63) is 35.1 Å². The fourth-order valence-corrected chi connectivity index (χ4v) is 3.09. The molecular weight excluding hydrogens is 335 g/mol. The Kier molecular flexibility index (Phi) is 5.51. The minimum absolute atomic E-state index is 0.180. The van der Waals surface area contributed by atoms with Gasteiger partial charge >= 0.3 is 0 Å². The zero-order valence-corrected chi connectivity index (χ0v) is 13.0. The van der Waals surface area contributed by atoms with Crippen LogP contribution in [0.3, 0.4) is 0 Å². The minimum atomic E-state index is -3.87. The van der Waals surface area contributed by atoms with Gasteiger partial charge in [0.2, 0.25) is 10.0 Å². The molecule has 0 spiro atoms. The first-order valence-corrected chi connectivity index (χ1v) is 7.85. The maximum absolute atomic E-state index is 13.8. The molecular formula is C12H16BrFN2O2S. The molecule has 0 radical (unpaired) electrons. The van der Waals surface area contributed by atoms with Crippen LogP contribution in [0.4, 0.5) is 10.1 Å². The summed E-state index contributed by atoms with van der Waals surface area (Å²) >= 11 is 3.05. The Morgan fingerprint density at radius 2 is 2.16 bits per heavy atom. The number of nitrogens with zero attached hydrogens (tertiary/aromatic N) is 1. The average Bonchev–Trinajstić information content (AvgIpc) is 2.33. The van der Waals surface area contributed by atoms with Crippen LogP contribution < -0.4 is 5.73 Å². The molecule has 0 aliphatic carbocycles. The fourth-order valence-electron chi connectivity index (χ4n) is 1.49. The first-order valence-electron chi connectivity index (χ1n) is 5.62. The number of nitrogens with two attached hydrogens (primary N) is 1. The summed E-state index contributed by atoms with van der Waals surface area (Å²) in [5, 5.41) is 0. The van der Waals surface area contributed by atoms with Gasteiger partial charge in [-0.1, -0.05) is 6.08 Å². The Labute approximate surface area is 121 Å². The lowest BCUT2D eigenvalue weighted by atomic mass is 10.3. The van der Waals surface area contributed by atoms with Crippen LogP contribution in [-0.4, -0.2) is 26.3 Å². The van der Waals surface area contributed by atoms with Gasteiger partial charge in [-0.15, -0.1) is 6.58 Å². The number of benzene rings is 1. The second kappa shape index (κ2) is 6.49. The second-order valence-electron chi connectivity index (χ2n) is 4.06. The monoisotopic (exact) mass is 350 g/mol. The van der Waals surface area contributed by atoms with Crippen LogP contribution in [0.2, 0.25) is 0 Å². The van der Waals surface area contributed by atoms with Crippen LogP contribution in [0.1, 0.15) is 12.8 Å². The Morgan fingerprint density at radius 3 is 2.74 bits per heavy atom. The molecule has 0 heterocycles. The molecule has 4 nitrogen and oxygen atoms in total. The number of halogens is 2. The maximum atomic E-state index is 13.8. The highest BCUT2D eigenvalue weighted by atomic mass is 79.9. The van der Waals surface area contributed by atoms with Gasteiger partial charge in [-0.2, -0.15) is 0 Å². The number of rotatable bonds is 6. The first-order chi connectivity index (χ1) is 8.80. The molecule has 2 N–H and O–H groups in total. The molecule has 1 aromatic rings. The van der Waals surface area contributed by atoms with E-state index in [0.29, 0.717) is 23.9 Å². The summed E-state index contributed by atoms with van der Waals surface area (Å²) in [4.78, 5) is -0.408. The molecule has 0 aromatic heterocycles. The number of allylic oxidation sites excluding steroid dienone is 1. The first kappa shape index (κ1) is 16.1. The van der Waals surface area contributed by atoms with E-state index in [1.165, 1.54) is 7.05 Å². The van der Waals surface area contributed by atoms with Gasteiger partial charge in [-0.05, 0) is 40.9 Å². The van der Waals surface area contributed by atoms with E-state index in [1.54, 1.807) is 6.08 Å². The summed E-state index contributed by atoms with van der Waals surface area (Å²) < 4.78 is 39.6. The molecule has 7 heteroatoms. The van der Waals surface area contributed by atoms with Gasteiger partial charge in [0.1, 0.15) is 10.7 Å². The number of unbranched alkanes of at least 4 members (excludes halogenated alkanes) is 1. The normalized spacial score (nSPS) is 11.8. The van der Waals surface area contributed by atoms with Crippen LogP contribution in [0.15, 0.2) is 34.2 Å². The predicted octanol–water partition coefficient (Wildman–Crippen LogP) is 2.76. The van der Waals surface area contributed by atoms with Crippen molar-refractivity contribution >= 4 is 31.6 Å². The molecule has 0 saturated heterocycles. The van der Waals surface area contributed by atoms with E-state index in [2.05, 4.69) is 22.5 Å². The maximum Gasteiger partial charge on any atom is 0.245 e. The molecule has 1 rings (SSSR count). The smallest absolute Gasteiger partial charge is 0.245 e. The summed E-state index contributed by atoms with van der Waals surface area (Å²) in [6, 6.07) is 2.18. The van der Waals surface area contributed by atoms with Crippen molar-refractivity contribution in [3.8, 4) is 0 Å². The van der Waals surface area contributed by atoms with E-state index < -0.39 is 20.7 Å². The van der Waals surface area contributed by atoms with Gasteiger partial charge in [0.25, 0.3) is 0 Å². The van der Waals surface area contributed by atoms with Crippen molar-refractivity contribution in [2.75, 3.05) is 19.3 Å². The Bertz CT molecular complexity index is 575. The minimum Gasteiger partial charge on any atom is -0.398 e. The van der Waals surface area contributed by atoms with E-state index in [1.807, 2.05) is 0 Å². The zero-order chi connectivity index (χ0) is 14.6. The van der Waals surface area contributed by atoms with E-state index in [0.717, 1.165) is 16.4 Å². The molecule has 0 bridgehead atoms. The largest absolute Gasteiger partial charge is 0.398 e. The SMILES string of the molecule is C=CCCCN(C)S(=O)(=O)c1cc(N)c(Br)cc1F. The van der Waals surface area contributed by atoms with Crippen molar-refractivity contribution in [1.82, 2.24) is 4.31 Å². The molecule has 0 amide bonds. The van der Waals surface area contributed by atoms with Crippen molar-refractivity contribution in [1.29, 1.82) is 0 Å². The van der Waals surface area contributed by atoms with Crippen LogP contribution in [0.25, 0.3) is 0 Å². The molecule has 0 aliphatic rings. The number of hydrogen-bond acceptors (Lipinski definition) is 3. The topological polar surface area (TPSA) is 63.4 Å². The van der Waals surface area contributed by atoms with Crippen LogP contribution in [0.5, 0.6) is 0 Å². The highest BCUT2D eigenvalue weighted by Crippen LogP contribution is 2.27. The lowest BCUT2D eigenvalue weighted by Crippen LogP contribution is -2.28. The summed E-state index contributed by atoms with van der Waals surface area (Å²) in [6.07, 6.45) is 3.04. The Morgan fingerprint density at radius 1 is 1.53 bits per heavy atom. The zero-order valence-electron chi connectivity index (χ0n) is 10.6. The van der Waals surface area contributed by atoms with E-state index in [4.69, 9.17) is 5.73 Å². The van der Waals surface area contributed by atoms with Crippen molar-refractivity contribution in [2.24, 2.45) is 0 Å². The lowest BCUT2D eigenvalue weighted by Gasteiger charge is -2.17. The molecule has 0 atom stereocenters. The van der Waals surface area contributed by atoms with Crippen molar-refractivity contribution in [3.63, 3.8) is 0 Å². The predicted molar refractivity (Wildman–Crippen MR) is 77.8 cm³/mol. The molecule has 0 fully saturated rings. The van der Waals surface area contributed by atoms with Crippen LogP contribution >= 0.6 is 15.9 Å². The lowest BCUT2D eigenvalue weighted by molar-refractivity contribution is 0.456. The molecule has 0 saturated carbocycles.